The third kappa shape index (κ3) is 5.43. The molecule has 2 atom stereocenters. The van der Waals surface area contributed by atoms with Crippen molar-refractivity contribution in [1.82, 2.24) is 15.5 Å². The molecular weight excluding hydrogens is 437 g/mol. The molecule has 2 heterocycles. The highest BCUT2D eigenvalue weighted by atomic mass is 19.1. The molecule has 7 nitrogen and oxygen atoms in total. The molecule has 0 spiro atoms. The number of benzene rings is 2. The maximum atomic E-state index is 13.8. The van der Waals surface area contributed by atoms with E-state index in [2.05, 4.69) is 17.6 Å². The zero-order chi connectivity index (χ0) is 24.1. The van der Waals surface area contributed by atoms with E-state index in [-0.39, 0.29) is 36.5 Å². The van der Waals surface area contributed by atoms with Gasteiger partial charge in [-0.3, -0.25) is 4.79 Å². The van der Waals surface area contributed by atoms with Gasteiger partial charge in [0.25, 0.3) is 0 Å². The molecule has 0 bridgehead atoms. The average molecular weight is 470 g/mol. The topological polar surface area (TPSA) is 79.9 Å². The molecule has 0 saturated carbocycles. The number of rotatable bonds is 7. The zero-order valence-corrected chi connectivity index (χ0v) is 19.7. The van der Waals surface area contributed by atoms with Gasteiger partial charge < -0.3 is 25.0 Å². The number of amides is 3. The van der Waals surface area contributed by atoms with Gasteiger partial charge in [0.2, 0.25) is 12.7 Å². The van der Waals surface area contributed by atoms with E-state index in [1.165, 1.54) is 6.07 Å². The van der Waals surface area contributed by atoms with E-state index in [1.807, 2.05) is 18.2 Å². The van der Waals surface area contributed by atoms with Crippen molar-refractivity contribution in [3.05, 3.63) is 58.9 Å². The summed E-state index contributed by atoms with van der Waals surface area (Å²) in [4.78, 5) is 27.8. The Kier molecular flexibility index (Phi) is 7.55. The lowest BCUT2D eigenvalue weighted by Crippen LogP contribution is -2.50. The minimum absolute atomic E-state index is 0.0854. The number of piperidine rings is 1. The lowest BCUT2D eigenvalue weighted by molar-refractivity contribution is -0.126. The second kappa shape index (κ2) is 10.8. The van der Waals surface area contributed by atoms with Gasteiger partial charge in [0.1, 0.15) is 5.82 Å². The summed E-state index contributed by atoms with van der Waals surface area (Å²) in [5.41, 5.74) is 2.36. The summed E-state index contributed by atoms with van der Waals surface area (Å²) in [7, 11) is 0. The molecule has 2 aromatic carbocycles. The second-order valence-electron chi connectivity index (χ2n) is 8.94. The molecule has 0 radical (unpaired) electrons. The van der Waals surface area contributed by atoms with Gasteiger partial charge in [0, 0.05) is 19.6 Å². The van der Waals surface area contributed by atoms with Crippen LogP contribution in [0.5, 0.6) is 11.5 Å². The van der Waals surface area contributed by atoms with Crippen molar-refractivity contribution in [2.45, 2.75) is 52.1 Å². The lowest BCUT2D eigenvalue weighted by Gasteiger charge is -2.39. The third-order valence-electron chi connectivity index (χ3n) is 6.49. The number of halogens is 1. The first-order valence-electron chi connectivity index (χ1n) is 11.9. The number of hydrogen-bond donors (Lipinski definition) is 2. The van der Waals surface area contributed by atoms with E-state index in [1.54, 1.807) is 24.0 Å². The first-order valence-corrected chi connectivity index (χ1v) is 11.9. The summed E-state index contributed by atoms with van der Waals surface area (Å²) >= 11 is 0. The minimum atomic E-state index is -0.316. The Morgan fingerprint density at radius 2 is 1.91 bits per heavy atom. The quantitative estimate of drug-likeness (QED) is 0.588. The van der Waals surface area contributed by atoms with Gasteiger partial charge in [0.05, 0.1) is 12.0 Å². The molecule has 2 unspecified atom stereocenters. The fourth-order valence-electron chi connectivity index (χ4n) is 4.49. The van der Waals surface area contributed by atoms with Gasteiger partial charge in [0.15, 0.2) is 11.5 Å². The molecule has 182 valence electrons. The summed E-state index contributed by atoms with van der Waals surface area (Å²) in [6, 6.07) is 10.2. The Morgan fingerprint density at radius 1 is 1.09 bits per heavy atom. The number of aryl methyl sites for hydroxylation is 1. The Bertz CT molecular complexity index is 1040. The van der Waals surface area contributed by atoms with Gasteiger partial charge in [-0.2, -0.15) is 0 Å². The number of carbonyl (C=O) groups is 2. The minimum Gasteiger partial charge on any atom is -0.454 e. The molecule has 3 amide bonds. The Morgan fingerprint density at radius 3 is 2.71 bits per heavy atom. The van der Waals surface area contributed by atoms with E-state index in [0.29, 0.717) is 49.5 Å². The van der Waals surface area contributed by atoms with Crippen LogP contribution in [-0.2, 0) is 11.3 Å². The summed E-state index contributed by atoms with van der Waals surface area (Å²) in [6.07, 6.45) is 3.15. The van der Waals surface area contributed by atoms with Crippen LogP contribution in [-0.4, -0.2) is 36.7 Å². The highest BCUT2D eigenvalue weighted by Crippen LogP contribution is 2.35. The van der Waals surface area contributed by atoms with Crippen LogP contribution < -0.4 is 20.1 Å². The number of ether oxygens (including phenoxy) is 2. The monoisotopic (exact) mass is 469 g/mol. The van der Waals surface area contributed by atoms with E-state index in [0.717, 1.165) is 24.0 Å². The SMILES string of the molecule is CCCCNC(=O)N1CC(C(=O)NCc2ccc3c(c2)OCO3)CCC1c1ccc(F)c(C)c1. The normalized spacial score (nSPS) is 19.1. The van der Waals surface area contributed by atoms with Gasteiger partial charge in [-0.15, -0.1) is 0 Å². The molecule has 2 aliphatic rings. The van der Waals surface area contributed by atoms with Crippen molar-refractivity contribution in [2.24, 2.45) is 5.92 Å². The molecular formula is C26H32FN3O4. The van der Waals surface area contributed by atoms with Crippen LogP contribution in [0.25, 0.3) is 0 Å². The van der Waals surface area contributed by atoms with Crippen LogP contribution in [0.4, 0.5) is 9.18 Å². The predicted molar refractivity (Wildman–Crippen MR) is 126 cm³/mol. The van der Waals surface area contributed by atoms with Crippen LogP contribution in [0.2, 0.25) is 0 Å². The van der Waals surface area contributed by atoms with Crippen LogP contribution in [0.1, 0.15) is 55.3 Å². The van der Waals surface area contributed by atoms with Crippen LogP contribution in [0, 0.1) is 18.7 Å². The lowest BCUT2D eigenvalue weighted by atomic mass is 9.88. The highest BCUT2D eigenvalue weighted by molar-refractivity contribution is 5.81. The van der Waals surface area contributed by atoms with Gasteiger partial charge >= 0.3 is 6.03 Å². The van der Waals surface area contributed by atoms with E-state index in [4.69, 9.17) is 9.47 Å². The zero-order valence-electron chi connectivity index (χ0n) is 19.7. The van der Waals surface area contributed by atoms with Crippen molar-refractivity contribution < 1.29 is 23.5 Å². The molecule has 34 heavy (non-hydrogen) atoms. The largest absolute Gasteiger partial charge is 0.454 e. The van der Waals surface area contributed by atoms with E-state index in [9.17, 15) is 14.0 Å². The number of hydrogen-bond acceptors (Lipinski definition) is 4. The number of likely N-dealkylation sites (tertiary alicyclic amines) is 1. The van der Waals surface area contributed by atoms with Crippen molar-refractivity contribution in [3.63, 3.8) is 0 Å². The number of carbonyl (C=O) groups excluding carboxylic acids is 2. The van der Waals surface area contributed by atoms with Crippen molar-refractivity contribution in [3.8, 4) is 11.5 Å². The molecule has 8 heteroatoms. The molecule has 0 aliphatic carbocycles. The molecule has 2 aromatic rings. The Labute approximate surface area is 199 Å². The van der Waals surface area contributed by atoms with E-state index < -0.39 is 0 Å². The fourth-order valence-corrected chi connectivity index (χ4v) is 4.49. The summed E-state index contributed by atoms with van der Waals surface area (Å²) in [5.74, 6) is 0.715. The molecule has 4 rings (SSSR count). The summed E-state index contributed by atoms with van der Waals surface area (Å²) in [6.45, 7) is 5.26. The smallest absolute Gasteiger partial charge is 0.317 e. The first kappa shape index (κ1) is 23.9. The van der Waals surface area contributed by atoms with Crippen LogP contribution in [0.15, 0.2) is 36.4 Å². The summed E-state index contributed by atoms with van der Waals surface area (Å²) < 4.78 is 24.6. The predicted octanol–water partition coefficient (Wildman–Crippen LogP) is 4.44. The van der Waals surface area contributed by atoms with Crippen molar-refractivity contribution >= 4 is 11.9 Å². The molecule has 2 aliphatic heterocycles. The fraction of sp³-hybridized carbons (Fsp3) is 0.462. The molecule has 2 N–H and O–H groups in total. The number of fused-ring (bicyclic) bond motifs is 1. The molecule has 0 aromatic heterocycles. The van der Waals surface area contributed by atoms with Crippen molar-refractivity contribution in [2.75, 3.05) is 19.9 Å². The standard InChI is InChI=1S/C26H32FN3O4/c1-3-4-11-28-26(32)30-15-20(7-9-22(30)19-6-8-21(27)17(2)12-19)25(31)29-14-18-5-10-23-24(13-18)34-16-33-23/h5-6,8,10,12-13,20,22H,3-4,7,9,11,14-16H2,1-2H3,(H,28,32)(H,29,31). The first-order chi connectivity index (χ1) is 16.5. The van der Waals surface area contributed by atoms with Crippen molar-refractivity contribution in [1.29, 1.82) is 0 Å². The Balaban J connectivity index is 1.43. The molecule has 1 saturated heterocycles. The third-order valence-corrected chi connectivity index (χ3v) is 6.49. The average Bonchev–Trinajstić information content (AvgIpc) is 3.32. The highest BCUT2D eigenvalue weighted by Gasteiger charge is 2.35. The van der Waals surface area contributed by atoms with Gasteiger partial charge in [-0.05, 0) is 61.1 Å². The maximum absolute atomic E-state index is 13.8. The number of urea groups is 1. The summed E-state index contributed by atoms with van der Waals surface area (Å²) in [5, 5.41) is 5.98. The van der Waals surface area contributed by atoms with Crippen LogP contribution >= 0.6 is 0 Å². The maximum Gasteiger partial charge on any atom is 0.317 e. The van der Waals surface area contributed by atoms with E-state index >= 15 is 0 Å². The van der Waals surface area contributed by atoms with Gasteiger partial charge in [-0.25, -0.2) is 9.18 Å². The number of unbranched alkanes of at least 4 members (excludes halogenated alkanes) is 1. The van der Waals surface area contributed by atoms with Gasteiger partial charge in [-0.1, -0.05) is 31.5 Å². The second-order valence-corrected chi connectivity index (χ2v) is 8.94. The number of nitrogens with one attached hydrogen (secondary N) is 2. The van der Waals surface area contributed by atoms with Crippen LogP contribution in [0.3, 0.4) is 0 Å². The molecule has 1 fully saturated rings. The Hall–Kier alpha value is -3.29. The number of nitrogens with zero attached hydrogens (tertiary/aromatic N) is 1.